The van der Waals surface area contributed by atoms with Gasteiger partial charge in [0.2, 0.25) is 0 Å². The number of ether oxygens (including phenoxy) is 3. The molecule has 0 radical (unpaired) electrons. The number of rotatable bonds is 2. The third kappa shape index (κ3) is 2.40. The fraction of sp³-hybridized carbons (Fsp3) is 0.933. The van der Waals surface area contributed by atoms with Crippen LogP contribution in [-0.2, 0) is 19.0 Å². The first kappa shape index (κ1) is 13.4. The molecule has 0 aromatic heterocycles. The summed E-state index contributed by atoms with van der Waals surface area (Å²) in [6.45, 7) is 6.51. The van der Waals surface area contributed by atoms with E-state index in [1.165, 1.54) is 0 Å². The van der Waals surface area contributed by atoms with Crippen LogP contribution in [-0.4, -0.2) is 36.5 Å². The summed E-state index contributed by atoms with van der Waals surface area (Å²) >= 11 is 0. The average Bonchev–Trinajstić information content (AvgIpc) is 2.78. The van der Waals surface area contributed by atoms with Gasteiger partial charge in [-0.05, 0) is 11.8 Å². The van der Waals surface area contributed by atoms with Gasteiger partial charge in [-0.3, -0.25) is 4.79 Å². The van der Waals surface area contributed by atoms with Crippen LogP contribution in [0.1, 0.15) is 46.5 Å². The largest absolute Gasteiger partial charge is 0.459 e. The summed E-state index contributed by atoms with van der Waals surface area (Å²) in [5.41, 5.74) is 0. The minimum absolute atomic E-state index is 0.0678. The Labute approximate surface area is 114 Å². The molecule has 0 aliphatic carbocycles. The van der Waals surface area contributed by atoms with Crippen molar-refractivity contribution in [1.29, 1.82) is 0 Å². The van der Waals surface area contributed by atoms with Gasteiger partial charge in [0.15, 0.2) is 0 Å². The van der Waals surface area contributed by atoms with Crippen molar-refractivity contribution >= 4 is 5.97 Å². The van der Waals surface area contributed by atoms with Crippen molar-refractivity contribution in [3.05, 3.63) is 0 Å². The van der Waals surface area contributed by atoms with Gasteiger partial charge < -0.3 is 14.2 Å². The van der Waals surface area contributed by atoms with Crippen LogP contribution in [0.3, 0.4) is 0 Å². The first-order valence-electron chi connectivity index (χ1n) is 7.58. The van der Waals surface area contributed by atoms with Gasteiger partial charge in [0.1, 0.15) is 6.10 Å². The highest BCUT2D eigenvalue weighted by Gasteiger charge is 2.50. The van der Waals surface area contributed by atoms with E-state index in [-0.39, 0.29) is 36.3 Å². The number of carbonyl (C=O) groups is 1. The summed E-state index contributed by atoms with van der Waals surface area (Å²) in [7, 11) is 0. The highest BCUT2D eigenvalue weighted by molar-refractivity contribution is 5.71. The molecule has 0 bridgehead atoms. The van der Waals surface area contributed by atoms with E-state index in [1.807, 2.05) is 0 Å². The molecular weight excluding hydrogens is 244 g/mol. The molecule has 19 heavy (non-hydrogen) atoms. The van der Waals surface area contributed by atoms with E-state index in [1.54, 1.807) is 0 Å². The molecule has 7 atom stereocenters. The van der Waals surface area contributed by atoms with Crippen LogP contribution in [0.2, 0.25) is 0 Å². The molecule has 0 saturated carbocycles. The first-order valence-corrected chi connectivity index (χ1v) is 7.58. The second-order valence-corrected chi connectivity index (χ2v) is 6.42. The molecule has 3 fully saturated rings. The zero-order valence-electron chi connectivity index (χ0n) is 12.0. The van der Waals surface area contributed by atoms with E-state index >= 15 is 0 Å². The van der Waals surface area contributed by atoms with Crippen LogP contribution >= 0.6 is 0 Å². The Morgan fingerprint density at radius 3 is 2.68 bits per heavy atom. The lowest BCUT2D eigenvalue weighted by molar-refractivity contribution is -0.211. The van der Waals surface area contributed by atoms with Crippen LogP contribution in [0.4, 0.5) is 0 Å². The minimum Gasteiger partial charge on any atom is -0.459 e. The Balaban J connectivity index is 1.68. The van der Waals surface area contributed by atoms with Gasteiger partial charge in [-0.15, -0.1) is 0 Å². The fourth-order valence-electron chi connectivity index (χ4n) is 3.59. The fourth-order valence-corrected chi connectivity index (χ4v) is 3.59. The molecule has 0 unspecified atom stereocenters. The highest BCUT2D eigenvalue weighted by Crippen LogP contribution is 2.40. The van der Waals surface area contributed by atoms with Crippen molar-refractivity contribution in [2.24, 2.45) is 11.8 Å². The predicted molar refractivity (Wildman–Crippen MR) is 69.7 cm³/mol. The van der Waals surface area contributed by atoms with Crippen molar-refractivity contribution in [2.75, 3.05) is 0 Å². The molecule has 3 rings (SSSR count). The third-order valence-corrected chi connectivity index (χ3v) is 5.00. The smallest absolute Gasteiger partial charge is 0.306 e. The standard InChI is InChI=1S/C15H24O4/c1-4-8(2)10-6-12-11(17-10)7-13-15(19-12)9(3)5-14(16)18-13/h8-13,15H,4-7H2,1-3H3/t8-,9-,10-,11+,12+,13-,15-/m0/s1. The molecule has 0 spiro atoms. The molecule has 3 heterocycles. The highest BCUT2D eigenvalue weighted by atomic mass is 16.6. The lowest BCUT2D eigenvalue weighted by Gasteiger charge is -2.42. The Morgan fingerprint density at radius 2 is 1.95 bits per heavy atom. The van der Waals surface area contributed by atoms with Crippen LogP contribution in [0, 0.1) is 11.8 Å². The average molecular weight is 268 g/mol. The number of esters is 1. The Hall–Kier alpha value is -0.610. The predicted octanol–water partition coefficient (Wildman–Crippen LogP) is 2.30. The molecule has 0 N–H and O–H groups in total. The molecule has 3 saturated heterocycles. The molecule has 3 aliphatic rings. The molecule has 3 aliphatic heterocycles. The van der Waals surface area contributed by atoms with Crippen LogP contribution < -0.4 is 0 Å². The van der Waals surface area contributed by atoms with Crippen molar-refractivity contribution in [1.82, 2.24) is 0 Å². The van der Waals surface area contributed by atoms with Gasteiger partial charge >= 0.3 is 5.97 Å². The summed E-state index contributed by atoms with van der Waals surface area (Å²) in [6, 6.07) is 0. The minimum atomic E-state index is -0.104. The lowest BCUT2D eigenvalue weighted by atomic mass is 9.86. The second kappa shape index (κ2) is 5.06. The SMILES string of the molecule is CC[C@H](C)[C@@H]1C[C@H]2O[C@@H]3[C@H](C[C@H]2O1)OC(=O)C[C@@H]3C. The van der Waals surface area contributed by atoms with Crippen molar-refractivity contribution in [3.63, 3.8) is 0 Å². The van der Waals surface area contributed by atoms with Gasteiger partial charge in [-0.1, -0.05) is 27.2 Å². The van der Waals surface area contributed by atoms with Gasteiger partial charge in [0.25, 0.3) is 0 Å². The van der Waals surface area contributed by atoms with Gasteiger partial charge in [0.05, 0.1) is 30.8 Å². The summed E-state index contributed by atoms with van der Waals surface area (Å²) < 4.78 is 17.8. The van der Waals surface area contributed by atoms with E-state index < -0.39 is 0 Å². The summed E-state index contributed by atoms with van der Waals surface area (Å²) in [5.74, 6) is 0.735. The van der Waals surface area contributed by atoms with E-state index in [0.29, 0.717) is 18.4 Å². The number of hydrogen-bond donors (Lipinski definition) is 0. The molecule has 0 aromatic carbocycles. The van der Waals surface area contributed by atoms with Crippen molar-refractivity contribution in [3.8, 4) is 0 Å². The molecule has 4 nitrogen and oxygen atoms in total. The maximum absolute atomic E-state index is 11.5. The van der Waals surface area contributed by atoms with E-state index in [9.17, 15) is 4.79 Å². The lowest BCUT2D eigenvalue weighted by Crippen LogP contribution is -2.53. The third-order valence-electron chi connectivity index (χ3n) is 5.00. The van der Waals surface area contributed by atoms with Crippen LogP contribution in [0.25, 0.3) is 0 Å². The van der Waals surface area contributed by atoms with Gasteiger partial charge in [-0.25, -0.2) is 0 Å². The molecular formula is C15H24O4. The topological polar surface area (TPSA) is 44.8 Å². The Kier molecular flexibility index (Phi) is 3.56. The number of fused-ring (bicyclic) bond motifs is 2. The summed E-state index contributed by atoms with van der Waals surface area (Å²) in [5, 5.41) is 0. The first-order chi connectivity index (χ1) is 9.08. The Bertz CT molecular complexity index is 356. The zero-order valence-corrected chi connectivity index (χ0v) is 12.0. The quantitative estimate of drug-likeness (QED) is 0.721. The van der Waals surface area contributed by atoms with Crippen molar-refractivity contribution < 1.29 is 19.0 Å². The second-order valence-electron chi connectivity index (χ2n) is 6.42. The van der Waals surface area contributed by atoms with Crippen LogP contribution in [0.15, 0.2) is 0 Å². The van der Waals surface area contributed by atoms with E-state index in [2.05, 4.69) is 20.8 Å². The van der Waals surface area contributed by atoms with Gasteiger partial charge in [-0.2, -0.15) is 0 Å². The summed E-state index contributed by atoms with van der Waals surface area (Å²) in [6.07, 6.45) is 3.97. The molecule has 108 valence electrons. The maximum atomic E-state index is 11.5. The molecule has 4 heteroatoms. The zero-order chi connectivity index (χ0) is 13.6. The normalized spacial score (nSPS) is 47.2. The number of hydrogen-bond acceptors (Lipinski definition) is 4. The van der Waals surface area contributed by atoms with Crippen molar-refractivity contribution in [2.45, 2.75) is 77.0 Å². The summed E-state index contributed by atoms with van der Waals surface area (Å²) in [4.78, 5) is 11.5. The van der Waals surface area contributed by atoms with E-state index in [4.69, 9.17) is 14.2 Å². The monoisotopic (exact) mass is 268 g/mol. The van der Waals surface area contributed by atoms with Crippen LogP contribution in [0.5, 0.6) is 0 Å². The number of carbonyl (C=O) groups excluding carboxylic acids is 1. The Morgan fingerprint density at radius 1 is 1.21 bits per heavy atom. The molecule has 0 amide bonds. The van der Waals surface area contributed by atoms with E-state index in [0.717, 1.165) is 19.3 Å². The molecule has 0 aromatic rings. The maximum Gasteiger partial charge on any atom is 0.306 e. The van der Waals surface area contributed by atoms with Gasteiger partial charge in [0, 0.05) is 12.8 Å².